The number of rotatable bonds is 0. The van der Waals surface area contributed by atoms with Crippen LogP contribution in [0.15, 0.2) is 12.3 Å². The van der Waals surface area contributed by atoms with Crippen LogP contribution in [0.25, 0.3) is 0 Å². The molecule has 0 aromatic carbocycles. The summed E-state index contributed by atoms with van der Waals surface area (Å²) in [5, 5.41) is 4.03. The molecule has 0 aliphatic carbocycles. The molecule has 0 spiro atoms. The summed E-state index contributed by atoms with van der Waals surface area (Å²) in [6.45, 7) is 1.97. The number of aromatic nitrogens is 2. The van der Waals surface area contributed by atoms with Crippen LogP contribution >= 0.6 is 0 Å². The summed E-state index contributed by atoms with van der Waals surface area (Å²) in [7, 11) is 1.91. The molecule has 1 aromatic rings. The van der Waals surface area contributed by atoms with E-state index in [1.807, 2.05) is 26.2 Å². The molecule has 1 heterocycles. The molecule has 3 N–H and O–H groups in total. The minimum atomic E-state index is 0. The first-order valence-electron chi connectivity index (χ1n) is 2.25. The lowest BCUT2D eigenvalue weighted by atomic mass is 10.5. The summed E-state index contributed by atoms with van der Waals surface area (Å²) < 4.78 is 1.79. The highest BCUT2D eigenvalue weighted by Crippen LogP contribution is 1.86. The maximum Gasteiger partial charge on any atom is 0.0593 e. The number of hydrogen-bond acceptors (Lipinski definition) is 2. The molecule has 1 aromatic heterocycles. The highest BCUT2D eigenvalue weighted by molar-refractivity contribution is 4.93. The lowest BCUT2D eigenvalue weighted by Crippen LogP contribution is -1.86. The average molecular weight is 113 g/mol. The second kappa shape index (κ2) is 2.47. The smallest absolute Gasteiger partial charge is 0.0593 e. The molecule has 0 unspecified atom stereocenters. The summed E-state index contributed by atoms with van der Waals surface area (Å²) in [6, 6.07) is 1.97. The largest absolute Gasteiger partial charge is 0.344 e. The molecule has 0 radical (unpaired) electrons. The van der Waals surface area contributed by atoms with Crippen LogP contribution in [0.1, 0.15) is 5.69 Å². The molecule has 1 rings (SSSR count). The van der Waals surface area contributed by atoms with Gasteiger partial charge in [0.25, 0.3) is 0 Å². The van der Waals surface area contributed by atoms with Gasteiger partial charge in [0.15, 0.2) is 0 Å². The van der Waals surface area contributed by atoms with Gasteiger partial charge in [-0.15, -0.1) is 0 Å². The third kappa shape index (κ3) is 1.35. The third-order valence-corrected chi connectivity index (χ3v) is 0.847. The van der Waals surface area contributed by atoms with Crippen LogP contribution in [0.3, 0.4) is 0 Å². The van der Waals surface area contributed by atoms with Crippen LogP contribution in [0.4, 0.5) is 0 Å². The van der Waals surface area contributed by atoms with Gasteiger partial charge in [-0.1, -0.05) is 0 Å². The van der Waals surface area contributed by atoms with E-state index in [4.69, 9.17) is 0 Å². The molecule has 3 heteroatoms. The van der Waals surface area contributed by atoms with E-state index >= 15 is 0 Å². The molecular formula is C5H11N3. The zero-order valence-electron chi connectivity index (χ0n) is 5.26. The Bertz CT molecular complexity index is 140. The quantitative estimate of drug-likeness (QED) is 0.543. The van der Waals surface area contributed by atoms with Gasteiger partial charge in [0, 0.05) is 13.2 Å². The fourth-order valence-corrected chi connectivity index (χ4v) is 0.531. The van der Waals surface area contributed by atoms with Crippen molar-refractivity contribution in [1.29, 1.82) is 0 Å². The zero-order valence-corrected chi connectivity index (χ0v) is 5.26. The second-order valence-corrected chi connectivity index (χ2v) is 1.63. The van der Waals surface area contributed by atoms with Gasteiger partial charge in [0.1, 0.15) is 0 Å². The molecule has 0 atom stereocenters. The highest BCUT2D eigenvalue weighted by Gasteiger charge is 1.81. The standard InChI is InChI=1S/C5H8N2.H3N/c1-5-3-4-7(2)6-5;/h3-4H,1-2H3;1H3. The molecule has 0 fully saturated rings. The first-order chi connectivity index (χ1) is 3.29. The van der Waals surface area contributed by atoms with E-state index in [2.05, 4.69) is 5.10 Å². The maximum absolute atomic E-state index is 4.03. The Morgan fingerprint density at radius 2 is 2.25 bits per heavy atom. The van der Waals surface area contributed by atoms with E-state index in [1.165, 1.54) is 0 Å². The van der Waals surface area contributed by atoms with Crippen LogP contribution < -0.4 is 6.15 Å². The fourth-order valence-electron chi connectivity index (χ4n) is 0.531. The van der Waals surface area contributed by atoms with Crippen molar-refractivity contribution in [3.05, 3.63) is 18.0 Å². The van der Waals surface area contributed by atoms with Crippen molar-refractivity contribution < 1.29 is 0 Å². The van der Waals surface area contributed by atoms with Crippen molar-refractivity contribution in [3.8, 4) is 0 Å². The number of hydrogen-bond donors (Lipinski definition) is 1. The van der Waals surface area contributed by atoms with Crippen molar-refractivity contribution in [1.82, 2.24) is 15.9 Å². The number of aryl methyl sites for hydroxylation is 2. The van der Waals surface area contributed by atoms with Crippen molar-refractivity contribution >= 4 is 0 Å². The second-order valence-electron chi connectivity index (χ2n) is 1.63. The Labute approximate surface area is 48.9 Å². The minimum absolute atomic E-state index is 0. The van der Waals surface area contributed by atoms with Gasteiger partial charge in [0.05, 0.1) is 5.69 Å². The first-order valence-corrected chi connectivity index (χ1v) is 2.25. The molecule has 0 bridgehead atoms. The summed E-state index contributed by atoms with van der Waals surface area (Å²) >= 11 is 0. The topological polar surface area (TPSA) is 52.8 Å². The van der Waals surface area contributed by atoms with E-state index in [1.54, 1.807) is 4.68 Å². The molecule has 8 heavy (non-hydrogen) atoms. The van der Waals surface area contributed by atoms with E-state index in [9.17, 15) is 0 Å². The van der Waals surface area contributed by atoms with Gasteiger partial charge >= 0.3 is 0 Å². The summed E-state index contributed by atoms with van der Waals surface area (Å²) in [4.78, 5) is 0. The molecule has 0 aliphatic heterocycles. The van der Waals surface area contributed by atoms with Gasteiger partial charge in [-0.05, 0) is 13.0 Å². The van der Waals surface area contributed by atoms with Crippen LogP contribution in [0, 0.1) is 6.92 Å². The Hall–Kier alpha value is -0.830. The lowest BCUT2D eigenvalue weighted by molar-refractivity contribution is 0.756. The summed E-state index contributed by atoms with van der Waals surface area (Å²) in [5.41, 5.74) is 1.07. The van der Waals surface area contributed by atoms with Gasteiger partial charge in [-0.3, -0.25) is 4.68 Å². The predicted octanol–water partition coefficient (Wildman–Crippen LogP) is 0.891. The predicted molar refractivity (Wildman–Crippen MR) is 33.0 cm³/mol. The molecule has 46 valence electrons. The van der Waals surface area contributed by atoms with Crippen molar-refractivity contribution in [3.63, 3.8) is 0 Å². The summed E-state index contributed by atoms with van der Waals surface area (Å²) in [5.74, 6) is 0. The van der Waals surface area contributed by atoms with Crippen molar-refractivity contribution in [2.75, 3.05) is 0 Å². The Morgan fingerprint density at radius 3 is 2.38 bits per heavy atom. The van der Waals surface area contributed by atoms with Crippen LogP contribution in [-0.2, 0) is 7.05 Å². The maximum atomic E-state index is 4.03. The van der Waals surface area contributed by atoms with Crippen molar-refractivity contribution in [2.24, 2.45) is 7.05 Å². The van der Waals surface area contributed by atoms with E-state index in [0.29, 0.717) is 0 Å². The molecule has 0 aliphatic rings. The molecule has 0 saturated heterocycles. The Kier molecular flexibility index (Phi) is 2.21. The SMILES string of the molecule is Cc1ccn(C)n1.N. The van der Waals surface area contributed by atoms with Gasteiger partial charge in [0.2, 0.25) is 0 Å². The van der Waals surface area contributed by atoms with Gasteiger partial charge < -0.3 is 6.15 Å². The van der Waals surface area contributed by atoms with Crippen molar-refractivity contribution in [2.45, 2.75) is 6.92 Å². The third-order valence-electron chi connectivity index (χ3n) is 0.847. The monoisotopic (exact) mass is 113 g/mol. The van der Waals surface area contributed by atoms with Crippen LogP contribution in [0.5, 0.6) is 0 Å². The Balaban J connectivity index is 0.000000490. The molecule has 0 amide bonds. The average Bonchev–Trinajstić information content (AvgIpc) is 1.87. The number of nitrogens with zero attached hydrogens (tertiary/aromatic N) is 2. The fraction of sp³-hybridized carbons (Fsp3) is 0.400. The molecule has 0 saturated carbocycles. The van der Waals surface area contributed by atoms with Gasteiger partial charge in [-0.2, -0.15) is 5.10 Å². The van der Waals surface area contributed by atoms with Crippen LogP contribution in [-0.4, -0.2) is 9.78 Å². The van der Waals surface area contributed by atoms with Gasteiger partial charge in [-0.25, -0.2) is 0 Å². The molecule has 3 nitrogen and oxygen atoms in total. The normalized spacial score (nSPS) is 8.25. The zero-order chi connectivity index (χ0) is 5.28. The van der Waals surface area contributed by atoms with E-state index < -0.39 is 0 Å². The highest BCUT2D eigenvalue weighted by atomic mass is 15.2. The van der Waals surface area contributed by atoms with E-state index in [-0.39, 0.29) is 6.15 Å². The first kappa shape index (κ1) is 7.17. The minimum Gasteiger partial charge on any atom is -0.344 e. The summed E-state index contributed by atoms with van der Waals surface area (Å²) in [6.07, 6.45) is 1.93. The van der Waals surface area contributed by atoms with Crippen LogP contribution in [0.2, 0.25) is 0 Å². The Morgan fingerprint density at radius 1 is 1.62 bits per heavy atom. The molecular weight excluding hydrogens is 102 g/mol. The van der Waals surface area contributed by atoms with E-state index in [0.717, 1.165) is 5.69 Å². The lowest BCUT2D eigenvalue weighted by Gasteiger charge is -1.79.